The van der Waals surface area contributed by atoms with Gasteiger partial charge in [-0.15, -0.1) is 0 Å². The molecule has 3 N–H and O–H groups in total. The molecule has 0 bridgehead atoms. The first-order valence-electron chi connectivity index (χ1n) is 6.68. The highest BCUT2D eigenvalue weighted by Crippen LogP contribution is 2.25. The van der Waals surface area contributed by atoms with E-state index in [0.29, 0.717) is 6.42 Å². The number of carbonyl (C=O) groups excluding carboxylic acids is 1. The average molecular weight is 268 g/mol. The Kier molecular flexibility index (Phi) is 3.25. The third-order valence-corrected chi connectivity index (χ3v) is 3.19. The second-order valence-electron chi connectivity index (χ2n) is 4.77. The number of hydrogen-bond acceptors (Lipinski definition) is 2. The van der Waals surface area contributed by atoms with E-state index < -0.39 is 0 Å². The first kappa shape index (κ1) is 12.5. The van der Waals surface area contributed by atoms with E-state index in [4.69, 9.17) is 0 Å². The minimum atomic E-state index is 0.0532. The van der Waals surface area contributed by atoms with Crippen molar-refractivity contribution < 1.29 is 4.79 Å². The Bertz CT molecular complexity index is 728. The van der Waals surface area contributed by atoms with Gasteiger partial charge in [0.25, 0.3) is 0 Å². The summed E-state index contributed by atoms with van der Waals surface area (Å²) in [7, 11) is 0. The van der Waals surface area contributed by atoms with E-state index in [-0.39, 0.29) is 5.91 Å². The van der Waals surface area contributed by atoms with Gasteiger partial charge in [0.05, 0.1) is 6.20 Å². The van der Waals surface area contributed by atoms with Gasteiger partial charge in [0, 0.05) is 40.5 Å². The molecule has 0 radical (unpaired) electrons. The van der Waals surface area contributed by atoms with Gasteiger partial charge in [-0.2, -0.15) is 5.10 Å². The molecule has 1 aromatic carbocycles. The number of nitrogens with zero attached hydrogens (tertiary/aromatic N) is 1. The highest BCUT2D eigenvalue weighted by Gasteiger charge is 2.06. The smallest absolute Gasteiger partial charge is 0.224 e. The molecular formula is C15H16N4O. The van der Waals surface area contributed by atoms with Crippen LogP contribution in [0.25, 0.3) is 22.2 Å². The highest BCUT2D eigenvalue weighted by atomic mass is 16.1. The number of nitrogens with one attached hydrogen (secondary N) is 3. The maximum Gasteiger partial charge on any atom is 0.224 e. The van der Waals surface area contributed by atoms with Crippen LogP contribution in [0.15, 0.2) is 36.7 Å². The van der Waals surface area contributed by atoms with Crippen molar-refractivity contribution in [2.45, 2.75) is 19.8 Å². The topological polar surface area (TPSA) is 73.6 Å². The number of amides is 1. The number of hydrogen-bond donors (Lipinski definition) is 3. The van der Waals surface area contributed by atoms with Crippen LogP contribution in [0.5, 0.6) is 0 Å². The fraction of sp³-hybridized carbons (Fsp3) is 0.200. The van der Waals surface area contributed by atoms with Crippen molar-refractivity contribution in [2.24, 2.45) is 0 Å². The Hall–Kier alpha value is -2.56. The third-order valence-electron chi connectivity index (χ3n) is 3.19. The molecule has 0 fully saturated rings. The Morgan fingerprint density at radius 3 is 3.00 bits per heavy atom. The van der Waals surface area contributed by atoms with Gasteiger partial charge in [-0.25, -0.2) is 0 Å². The van der Waals surface area contributed by atoms with Crippen LogP contribution < -0.4 is 5.32 Å². The molecule has 0 spiro atoms. The van der Waals surface area contributed by atoms with E-state index in [0.717, 1.165) is 34.3 Å². The summed E-state index contributed by atoms with van der Waals surface area (Å²) in [6.07, 6.45) is 5.01. The van der Waals surface area contributed by atoms with E-state index in [1.54, 1.807) is 6.20 Å². The summed E-state index contributed by atoms with van der Waals surface area (Å²) in [4.78, 5) is 14.9. The second kappa shape index (κ2) is 5.21. The van der Waals surface area contributed by atoms with Crippen molar-refractivity contribution in [3.63, 3.8) is 0 Å². The molecule has 0 saturated carbocycles. The van der Waals surface area contributed by atoms with Crippen molar-refractivity contribution in [3.05, 3.63) is 36.7 Å². The molecule has 0 aliphatic rings. The molecule has 0 aliphatic heterocycles. The molecule has 0 atom stereocenters. The number of anilines is 1. The van der Waals surface area contributed by atoms with E-state index in [1.165, 1.54) is 0 Å². The zero-order valence-electron chi connectivity index (χ0n) is 11.2. The van der Waals surface area contributed by atoms with Gasteiger partial charge >= 0.3 is 0 Å². The summed E-state index contributed by atoms with van der Waals surface area (Å²) in [6, 6.07) is 7.91. The van der Waals surface area contributed by atoms with Gasteiger partial charge in [0.1, 0.15) is 0 Å². The quantitative estimate of drug-likeness (QED) is 0.679. The van der Waals surface area contributed by atoms with Gasteiger partial charge in [0.15, 0.2) is 0 Å². The monoisotopic (exact) mass is 268 g/mol. The molecule has 20 heavy (non-hydrogen) atoms. The molecule has 5 heteroatoms. The minimum Gasteiger partial charge on any atom is -0.354 e. The molecule has 0 saturated heterocycles. The van der Waals surface area contributed by atoms with Crippen LogP contribution in [0.4, 0.5) is 5.69 Å². The van der Waals surface area contributed by atoms with Crippen LogP contribution in [0, 0.1) is 0 Å². The van der Waals surface area contributed by atoms with Gasteiger partial charge in [-0.3, -0.25) is 9.89 Å². The number of aromatic amines is 2. The van der Waals surface area contributed by atoms with Gasteiger partial charge in [-0.05, 0) is 30.7 Å². The fourth-order valence-corrected chi connectivity index (χ4v) is 2.21. The van der Waals surface area contributed by atoms with E-state index in [2.05, 4.69) is 26.6 Å². The van der Waals surface area contributed by atoms with Crippen molar-refractivity contribution in [3.8, 4) is 11.3 Å². The minimum absolute atomic E-state index is 0.0532. The molecule has 2 aromatic heterocycles. The average Bonchev–Trinajstić information content (AvgIpc) is 3.07. The van der Waals surface area contributed by atoms with Crippen LogP contribution >= 0.6 is 0 Å². The summed E-state index contributed by atoms with van der Waals surface area (Å²) in [5.74, 6) is 0.0532. The van der Waals surface area contributed by atoms with Crippen molar-refractivity contribution in [2.75, 3.05) is 5.32 Å². The molecule has 102 valence electrons. The van der Waals surface area contributed by atoms with Crippen molar-refractivity contribution >= 4 is 22.5 Å². The Labute approximate surface area is 116 Å². The van der Waals surface area contributed by atoms with Crippen molar-refractivity contribution in [1.29, 1.82) is 0 Å². The summed E-state index contributed by atoms with van der Waals surface area (Å²) in [5, 5.41) is 10.7. The lowest BCUT2D eigenvalue weighted by molar-refractivity contribution is -0.116. The predicted octanol–water partition coefficient (Wildman–Crippen LogP) is 3.30. The predicted molar refractivity (Wildman–Crippen MR) is 79.4 cm³/mol. The number of carbonyl (C=O) groups is 1. The van der Waals surface area contributed by atoms with Crippen LogP contribution in [0.3, 0.4) is 0 Å². The summed E-state index contributed by atoms with van der Waals surface area (Å²) in [5.41, 5.74) is 3.88. The molecule has 3 rings (SSSR count). The second-order valence-corrected chi connectivity index (χ2v) is 4.77. The first-order valence-corrected chi connectivity index (χ1v) is 6.68. The number of benzene rings is 1. The van der Waals surface area contributed by atoms with E-state index >= 15 is 0 Å². The number of H-pyrrole nitrogens is 2. The van der Waals surface area contributed by atoms with Gasteiger partial charge in [-0.1, -0.05) is 6.92 Å². The molecule has 0 aliphatic carbocycles. The molecule has 0 unspecified atom stereocenters. The van der Waals surface area contributed by atoms with Crippen LogP contribution in [-0.4, -0.2) is 21.1 Å². The maximum atomic E-state index is 11.6. The van der Waals surface area contributed by atoms with Crippen LogP contribution in [0.1, 0.15) is 19.8 Å². The van der Waals surface area contributed by atoms with Crippen molar-refractivity contribution in [1.82, 2.24) is 15.2 Å². The maximum absolute atomic E-state index is 11.6. The lowest BCUT2D eigenvalue weighted by Crippen LogP contribution is -2.10. The number of rotatable bonds is 4. The summed E-state index contributed by atoms with van der Waals surface area (Å²) < 4.78 is 0. The molecule has 3 aromatic rings. The Balaban J connectivity index is 1.89. The summed E-state index contributed by atoms with van der Waals surface area (Å²) >= 11 is 0. The van der Waals surface area contributed by atoms with E-state index in [9.17, 15) is 4.79 Å². The van der Waals surface area contributed by atoms with E-state index in [1.807, 2.05) is 31.3 Å². The molecule has 1 amide bonds. The molecular weight excluding hydrogens is 252 g/mol. The SMILES string of the molecule is CCCC(=O)Nc1ccc2[nH]c(-c3cn[nH]c3)cc2c1. The Morgan fingerprint density at radius 1 is 1.35 bits per heavy atom. The number of fused-ring (bicyclic) bond motifs is 1. The normalized spacial score (nSPS) is 10.8. The lowest BCUT2D eigenvalue weighted by atomic mass is 10.2. The molecule has 5 nitrogen and oxygen atoms in total. The standard InChI is InChI=1S/C15H16N4O/c1-2-3-15(20)18-12-4-5-13-10(6-12)7-14(19-13)11-8-16-17-9-11/h4-9,19H,2-3H2,1H3,(H,16,17)(H,18,20). The molecule has 2 heterocycles. The zero-order chi connectivity index (χ0) is 13.9. The lowest BCUT2D eigenvalue weighted by Gasteiger charge is -2.03. The number of aromatic nitrogens is 3. The third kappa shape index (κ3) is 2.42. The summed E-state index contributed by atoms with van der Waals surface area (Å²) in [6.45, 7) is 1.99. The van der Waals surface area contributed by atoms with Crippen LogP contribution in [-0.2, 0) is 4.79 Å². The highest BCUT2D eigenvalue weighted by molar-refractivity contribution is 5.95. The van der Waals surface area contributed by atoms with Crippen LogP contribution in [0.2, 0.25) is 0 Å². The first-order chi connectivity index (χ1) is 9.76. The Morgan fingerprint density at radius 2 is 2.25 bits per heavy atom. The van der Waals surface area contributed by atoms with Gasteiger partial charge in [0.2, 0.25) is 5.91 Å². The van der Waals surface area contributed by atoms with Gasteiger partial charge < -0.3 is 10.3 Å². The zero-order valence-corrected chi connectivity index (χ0v) is 11.2. The fourth-order valence-electron chi connectivity index (χ4n) is 2.21. The largest absolute Gasteiger partial charge is 0.354 e.